The summed E-state index contributed by atoms with van der Waals surface area (Å²) in [6, 6.07) is 0. The van der Waals surface area contributed by atoms with Gasteiger partial charge in [-0.3, -0.25) is 4.84 Å². The van der Waals surface area contributed by atoms with Gasteiger partial charge in [-0.25, -0.2) is 15.0 Å². The van der Waals surface area contributed by atoms with Crippen molar-refractivity contribution in [2.75, 3.05) is 19.2 Å². The summed E-state index contributed by atoms with van der Waals surface area (Å²) in [7, 11) is 3.50. The third-order valence-corrected chi connectivity index (χ3v) is 2.42. The molecule has 0 amide bonds. The van der Waals surface area contributed by atoms with Crippen molar-refractivity contribution in [1.29, 1.82) is 0 Å². The van der Waals surface area contributed by atoms with Crippen LogP contribution in [0.3, 0.4) is 0 Å². The minimum Gasteiger partial charge on any atom is -0.276 e. The first-order chi connectivity index (χ1) is 6.33. The van der Waals surface area contributed by atoms with Crippen molar-refractivity contribution in [3.63, 3.8) is 0 Å². The molecule has 0 aromatic carbocycles. The van der Waals surface area contributed by atoms with Gasteiger partial charge in [0, 0.05) is 18.3 Å². The summed E-state index contributed by atoms with van der Waals surface area (Å²) in [5, 5.41) is 1.69. The molecule has 0 unspecified atom stereocenters. The smallest absolute Gasteiger partial charge is 0.158 e. The zero-order valence-corrected chi connectivity index (χ0v) is 7.95. The quantitative estimate of drug-likeness (QED) is 0.634. The molecule has 0 N–H and O–H groups in total. The number of hydrogen-bond acceptors (Lipinski definition) is 4. The molecule has 1 aromatic rings. The number of anilines is 1. The highest BCUT2D eigenvalue weighted by atomic mass is 16.7. The van der Waals surface area contributed by atoms with Crippen LogP contribution in [-0.4, -0.2) is 24.1 Å². The number of hydrogen-bond donors (Lipinski definition) is 0. The van der Waals surface area contributed by atoms with E-state index in [0.29, 0.717) is 0 Å². The largest absolute Gasteiger partial charge is 0.276 e. The van der Waals surface area contributed by atoms with Crippen LogP contribution in [0.5, 0.6) is 0 Å². The molecule has 1 aromatic heterocycles. The monoisotopic (exact) mass is 179 g/mol. The Morgan fingerprint density at radius 2 is 2.23 bits per heavy atom. The van der Waals surface area contributed by atoms with Crippen LogP contribution in [0.15, 0.2) is 6.33 Å². The van der Waals surface area contributed by atoms with Crippen LogP contribution in [0, 0.1) is 0 Å². The fourth-order valence-electron chi connectivity index (χ4n) is 1.70. The van der Waals surface area contributed by atoms with Gasteiger partial charge in [0.25, 0.3) is 0 Å². The third kappa shape index (κ3) is 1.37. The molecule has 1 heterocycles. The second kappa shape index (κ2) is 3.30. The topological polar surface area (TPSA) is 38.2 Å². The highest BCUT2D eigenvalue weighted by Gasteiger charge is 2.18. The third-order valence-electron chi connectivity index (χ3n) is 2.42. The van der Waals surface area contributed by atoms with Gasteiger partial charge >= 0.3 is 0 Å². The molecule has 0 spiro atoms. The predicted molar refractivity (Wildman–Crippen MR) is 49.5 cm³/mol. The van der Waals surface area contributed by atoms with Crippen LogP contribution in [0.2, 0.25) is 0 Å². The van der Waals surface area contributed by atoms with E-state index in [4.69, 9.17) is 4.84 Å². The minimum atomic E-state index is 0.907. The Morgan fingerprint density at radius 1 is 1.38 bits per heavy atom. The van der Waals surface area contributed by atoms with Crippen molar-refractivity contribution in [2.24, 2.45) is 0 Å². The van der Waals surface area contributed by atoms with Gasteiger partial charge in [0.05, 0.1) is 7.11 Å². The van der Waals surface area contributed by atoms with Gasteiger partial charge in [0.15, 0.2) is 5.82 Å². The van der Waals surface area contributed by atoms with E-state index in [-0.39, 0.29) is 0 Å². The zero-order chi connectivity index (χ0) is 9.26. The first-order valence-electron chi connectivity index (χ1n) is 4.43. The Bertz CT molecular complexity index is 314. The SMILES string of the molecule is CON(C)c1ncnc2c1CCC2. The number of aromatic nitrogens is 2. The lowest BCUT2D eigenvalue weighted by Gasteiger charge is -2.16. The molecule has 1 aliphatic carbocycles. The molecule has 4 heteroatoms. The Morgan fingerprint density at radius 3 is 3.00 bits per heavy atom. The number of rotatable bonds is 2. The van der Waals surface area contributed by atoms with Gasteiger partial charge < -0.3 is 0 Å². The molecule has 0 aliphatic heterocycles. The van der Waals surface area contributed by atoms with E-state index in [9.17, 15) is 0 Å². The standard InChI is InChI=1S/C9H13N3O/c1-12(13-2)9-7-4-3-5-8(7)10-6-11-9/h6H,3-5H2,1-2H3. The summed E-state index contributed by atoms with van der Waals surface area (Å²) in [6.45, 7) is 0. The van der Waals surface area contributed by atoms with Crippen LogP contribution >= 0.6 is 0 Å². The van der Waals surface area contributed by atoms with Crippen LogP contribution in [0.1, 0.15) is 17.7 Å². The lowest BCUT2D eigenvalue weighted by Crippen LogP contribution is -2.18. The van der Waals surface area contributed by atoms with Gasteiger partial charge in [-0.2, -0.15) is 0 Å². The van der Waals surface area contributed by atoms with E-state index < -0.39 is 0 Å². The highest BCUT2D eigenvalue weighted by Crippen LogP contribution is 2.26. The summed E-state index contributed by atoms with van der Waals surface area (Å²) >= 11 is 0. The van der Waals surface area contributed by atoms with E-state index in [1.807, 2.05) is 7.05 Å². The van der Waals surface area contributed by atoms with Gasteiger partial charge in [-0.05, 0) is 19.3 Å². The molecule has 0 saturated carbocycles. The maximum Gasteiger partial charge on any atom is 0.158 e. The van der Waals surface area contributed by atoms with Gasteiger partial charge in [-0.15, -0.1) is 0 Å². The van der Waals surface area contributed by atoms with Gasteiger partial charge in [0.1, 0.15) is 6.33 Å². The predicted octanol–water partition coefficient (Wildman–Crippen LogP) is 0.963. The molecule has 0 saturated heterocycles. The Kier molecular flexibility index (Phi) is 2.14. The van der Waals surface area contributed by atoms with Crippen molar-refractivity contribution < 1.29 is 4.84 Å². The maximum absolute atomic E-state index is 5.10. The highest BCUT2D eigenvalue weighted by molar-refractivity contribution is 5.47. The van der Waals surface area contributed by atoms with E-state index >= 15 is 0 Å². The van der Waals surface area contributed by atoms with Crippen LogP contribution in [0.4, 0.5) is 5.82 Å². The molecule has 1 aliphatic rings. The van der Waals surface area contributed by atoms with Crippen molar-refractivity contribution in [2.45, 2.75) is 19.3 Å². The number of hydroxylamine groups is 1. The van der Waals surface area contributed by atoms with E-state index in [1.54, 1.807) is 18.5 Å². The molecule has 13 heavy (non-hydrogen) atoms. The van der Waals surface area contributed by atoms with Crippen molar-refractivity contribution in [3.8, 4) is 0 Å². The number of fused-ring (bicyclic) bond motifs is 1. The van der Waals surface area contributed by atoms with E-state index in [2.05, 4.69) is 9.97 Å². The van der Waals surface area contributed by atoms with Crippen LogP contribution < -0.4 is 5.06 Å². The van der Waals surface area contributed by atoms with E-state index in [0.717, 1.165) is 18.7 Å². The molecule has 70 valence electrons. The van der Waals surface area contributed by atoms with Crippen LogP contribution in [-0.2, 0) is 17.7 Å². The molecule has 0 bridgehead atoms. The molecule has 4 nitrogen and oxygen atoms in total. The van der Waals surface area contributed by atoms with Gasteiger partial charge in [0.2, 0.25) is 0 Å². The molecule has 2 rings (SSSR count). The minimum absolute atomic E-state index is 0.907. The zero-order valence-electron chi connectivity index (χ0n) is 7.95. The average Bonchev–Trinajstić information content (AvgIpc) is 2.63. The fourth-order valence-corrected chi connectivity index (χ4v) is 1.70. The summed E-state index contributed by atoms with van der Waals surface area (Å²) in [4.78, 5) is 13.6. The van der Waals surface area contributed by atoms with Crippen molar-refractivity contribution >= 4 is 5.82 Å². The lowest BCUT2D eigenvalue weighted by molar-refractivity contribution is 0.182. The lowest BCUT2D eigenvalue weighted by atomic mass is 10.2. The second-order valence-electron chi connectivity index (χ2n) is 3.16. The van der Waals surface area contributed by atoms with Crippen molar-refractivity contribution in [1.82, 2.24) is 9.97 Å². The Labute approximate surface area is 77.5 Å². The first kappa shape index (κ1) is 8.44. The molecular weight excluding hydrogens is 166 g/mol. The summed E-state index contributed by atoms with van der Waals surface area (Å²) < 4.78 is 0. The first-order valence-corrected chi connectivity index (χ1v) is 4.43. The normalized spacial score (nSPS) is 14.3. The molecular formula is C9H13N3O. The Balaban J connectivity index is 2.41. The molecule has 0 radical (unpaired) electrons. The van der Waals surface area contributed by atoms with E-state index in [1.165, 1.54) is 17.7 Å². The molecule has 0 atom stereocenters. The fraction of sp³-hybridized carbons (Fsp3) is 0.556. The van der Waals surface area contributed by atoms with Crippen molar-refractivity contribution in [3.05, 3.63) is 17.6 Å². The Hall–Kier alpha value is -1.16. The number of aryl methyl sites for hydroxylation is 1. The second-order valence-corrected chi connectivity index (χ2v) is 3.16. The number of nitrogens with zero attached hydrogens (tertiary/aromatic N) is 3. The molecule has 0 fully saturated rings. The van der Waals surface area contributed by atoms with Gasteiger partial charge in [-0.1, -0.05) is 0 Å². The van der Waals surface area contributed by atoms with Crippen LogP contribution in [0.25, 0.3) is 0 Å². The maximum atomic E-state index is 5.10. The average molecular weight is 179 g/mol. The summed E-state index contributed by atoms with van der Waals surface area (Å²) in [6.07, 6.45) is 4.93. The summed E-state index contributed by atoms with van der Waals surface area (Å²) in [5.41, 5.74) is 2.42. The summed E-state index contributed by atoms with van der Waals surface area (Å²) in [5.74, 6) is 0.907.